The number of hydrogen-bond acceptors (Lipinski definition) is 5. The summed E-state index contributed by atoms with van der Waals surface area (Å²) < 4.78 is 36.2. The van der Waals surface area contributed by atoms with E-state index in [0.717, 1.165) is 0 Å². The van der Waals surface area contributed by atoms with Gasteiger partial charge in [0.25, 0.3) is 11.6 Å². The van der Waals surface area contributed by atoms with Crippen molar-refractivity contribution < 1.29 is 27.7 Å². The number of nitrogens with one attached hydrogen (secondary N) is 1. The van der Waals surface area contributed by atoms with Crippen LogP contribution in [0.5, 0.6) is 0 Å². The minimum absolute atomic E-state index is 0.216. The zero-order chi connectivity index (χ0) is 16.9. The summed E-state index contributed by atoms with van der Waals surface area (Å²) in [4.78, 5) is 32.7. The van der Waals surface area contributed by atoms with Gasteiger partial charge in [0.2, 0.25) is 5.78 Å². The number of non-ortho nitro benzene ring substituents is 1. The number of ketones is 1. The zero-order valence-electron chi connectivity index (χ0n) is 11.1. The molecule has 3 N–H and O–H groups in total. The van der Waals surface area contributed by atoms with Crippen molar-refractivity contribution >= 4 is 17.4 Å². The molecular formula is C12H12F3N3O4. The summed E-state index contributed by atoms with van der Waals surface area (Å²) in [5, 5.41) is 12.6. The van der Waals surface area contributed by atoms with Gasteiger partial charge in [0.1, 0.15) is 0 Å². The number of hydrogen-bond donors (Lipinski definition) is 2. The molecule has 0 aliphatic carbocycles. The standard InChI is InChI=1S/C12H12F3N3O4/c13-12(14,15)5-9(16)10(19)11(20)17-6-7-2-1-3-8(4-7)18(21)22/h1-4,9H,5-6,16H2,(H,17,20). The molecule has 0 heterocycles. The van der Waals surface area contributed by atoms with E-state index in [2.05, 4.69) is 5.32 Å². The number of Topliss-reactive ketones (excluding diaryl/α,β-unsaturated/α-hetero) is 1. The molecule has 7 nitrogen and oxygen atoms in total. The van der Waals surface area contributed by atoms with Crippen LogP contribution in [0.3, 0.4) is 0 Å². The molecule has 22 heavy (non-hydrogen) atoms. The fourth-order valence-electron chi connectivity index (χ4n) is 1.56. The number of rotatable bonds is 6. The third-order valence-corrected chi connectivity index (χ3v) is 2.59. The normalized spacial score (nSPS) is 12.5. The van der Waals surface area contributed by atoms with Gasteiger partial charge in [-0.05, 0) is 5.56 Å². The molecule has 0 radical (unpaired) electrons. The first-order valence-corrected chi connectivity index (χ1v) is 5.98. The summed E-state index contributed by atoms with van der Waals surface area (Å²) in [6.45, 7) is -0.245. The Labute approximate surface area is 122 Å². The van der Waals surface area contributed by atoms with Crippen LogP contribution in [0, 0.1) is 10.1 Å². The van der Waals surface area contributed by atoms with E-state index in [0.29, 0.717) is 5.56 Å². The Kier molecular flexibility index (Phi) is 5.57. The van der Waals surface area contributed by atoms with Crippen LogP contribution < -0.4 is 11.1 Å². The quantitative estimate of drug-likeness (QED) is 0.462. The summed E-state index contributed by atoms with van der Waals surface area (Å²) in [7, 11) is 0. The molecule has 0 aliphatic heterocycles. The monoisotopic (exact) mass is 319 g/mol. The third-order valence-electron chi connectivity index (χ3n) is 2.59. The number of halogens is 3. The van der Waals surface area contributed by atoms with Crippen molar-refractivity contribution in [3.8, 4) is 0 Å². The van der Waals surface area contributed by atoms with Gasteiger partial charge in [-0.2, -0.15) is 13.2 Å². The van der Waals surface area contributed by atoms with Crippen molar-refractivity contribution in [3.05, 3.63) is 39.9 Å². The van der Waals surface area contributed by atoms with Crippen molar-refractivity contribution in [2.24, 2.45) is 5.73 Å². The van der Waals surface area contributed by atoms with Gasteiger partial charge < -0.3 is 11.1 Å². The largest absolute Gasteiger partial charge is 0.391 e. The number of nitrogens with two attached hydrogens (primary N) is 1. The van der Waals surface area contributed by atoms with Crippen molar-refractivity contribution in [2.75, 3.05) is 0 Å². The van der Waals surface area contributed by atoms with Crippen LogP contribution in [0.4, 0.5) is 18.9 Å². The van der Waals surface area contributed by atoms with Gasteiger partial charge >= 0.3 is 6.18 Å². The third kappa shape index (κ3) is 5.48. The van der Waals surface area contributed by atoms with E-state index < -0.39 is 35.3 Å². The number of carbonyl (C=O) groups excluding carboxylic acids is 2. The van der Waals surface area contributed by atoms with Crippen LogP contribution in [0.2, 0.25) is 0 Å². The van der Waals surface area contributed by atoms with E-state index in [1.54, 1.807) is 0 Å². The van der Waals surface area contributed by atoms with E-state index >= 15 is 0 Å². The fraction of sp³-hybridized carbons (Fsp3) is 0.333. The van der Waals surface area contributed by atoms with Gasteiger partial charge in [-0.3, -0.25) is 19.7 Å². The molecule has 1 aromatic rings. The highest BCUT2D eigenvalue weighted by Crippen LogP contribution is 2.21. The first kappa shape index (κ1) is 17.6. The lowest BCUT2D eigenvalue weighted by Gasteiger charge is -2.12. The highest BCUT2D eigenvalue weighted by molar-refractivity contribution is 6.38. The molecule has 0 bridgehead atoms. The van der Waals surface area contributed by atoms with Crippen LogP contribution in [-0.2, 0) is 16.1 Å². The average Bonchev–Trinajstić information content (AvgIpc) is 2.42. The lowest BCUT2D eigenvalue weighted by molar-refractivity contribution is -0.384. The Morgan fingerprint density at radius 1 is 1.36 bits per heavy atom. The van der Waals surface area contributed by atoms with Crippen LogP contribution in [0.25, 0.3) is 0 Å². The van der Waals surface area contributed by atoms with Gasteiger partial charge in [-0.1, -0.05) is 12.1 Å². The van der Waals surface area contributed by atoms with Crippen LogP contribution in [0.1, 0.15) is 12.0 Å². The van der Waals surface area contributed by atoms with E-state index in [9.17, 15) is 32.9 Å². The van der Waals surface area contributed by atoms with Gasteiger partial charge in [-0.15, -0.1) is 0 Å². The van der Waals surface area contributed by atoms with Crippen molar-refractivity contribution in [2.45, 2.75) is 25.2 Å². The molecule has 1 amide bonds. The SMILES string of the molecule is NC(CC(F)(F)F)C(=O)C(=O)NCc1cccc([N+](=O)[O-])c1. The zero-order valence-corrected chi connectivity index (χ0v) is 11.1. The number of nitrogens with zero attached hydrogens (tertiary/aromatic N) is 1. The molecule has 0 aromatic heterocycles. The predicted octanol–water partition coefficient (Wildman–Crippen LogP) is 1.06. The number of nitro groups is 1. The highest BCUT2D eigenvalue weighted by atomic mass is 19.4. The fourth-order valence-corrected chi connectivity index (χ4v) is 1.56. The summed E-state index contributed by atoms with van der Waals surface area (Å²) in [5.74, 6) is -2.67. The Morgan fingerprint density at radius 3 is 2.55 bits per heavy atom. The van der Waals surface area contributed by atoms with E-state index in [1.165, 1.54) is 24.3 Å². The molecule has 0 fully saturated rings. The molecule has 0 saturated carbocycles. The summed E-state index contributed by atoms with van der Waals surface area (Å²) in [6, 6.07) is 3.24. The maximum absolute atomic E-state index is 12.1. The molecule has 1 aromatic carbocycles. The minimum Gasteiger partial charge on any atom is -0.345 e. The number of benzene rings is 1. The Balaban J connectivity index is 2.60. The van der Waals surface area contributed by atoms with Gasteiger partial charge in [0, 0.05) is 18.7 Å². The van der Waals surface area contributed by atoms with Crippen LogP contribution >= 0.6 is 0 Å². The van der Waals surface area contributed by atoms with E-state index in [-0.39, 0.29) is 12.2 Å². The average molecular weight is 319 g/mol. The summed E-state index contributed by atoms with van der Waals surface area (Å²) in [5.41, 5.74) is 5.12. The topological polar surface area (TPSA) is 115 Å². The second-order valence-electron chi connectivity index (χ2n) is 4.40. The van der Waals surface area contributed by atoms with Gasteiger partial charge in [-0.25, -0.2) is 0 Å². The Morgan fingerprint density at radius 2 is 2.00 bits per heavy atom. The van der Waals surface area contributed by atoms with E-state index in [4.69, 9.17) is 5.73 Å². The number of alkyl halides is 3. The number of amides is 1. The highest BCUT2D eigenvalue weighted by Gasteiger charge is 2.35. The Hall–Kier alpha value is -2.49. The molecule has 1 atom stereocenters. The molecule has 0 spiro atoms. The molecule has 1 rings (SSSR count). The van der Waals surface area contributed by atoms with Crippen molar-refractivity contribution in [3.63, 3.8) is 0 Å². The molecule has 0 aliphatic rings. The van der Waals surface area contributed by atoms with Gasteiger partial charge in [0.05, 0.1) is 17.4 Å². The second-order valence-corrected chi connectivity index (χ2v) is 4.40. The molecule has 120 valence electrons. The molecule has 0 saturated heterocycles. The lowest BCUT2D eigenvalue weighted by atomic mass is 10.1. The molecule has 1 unspecified atom stereocenters. The number of carbonyl (C=O) groups is 2. The summed E-state index contributed by atoms with van der Waals surface area (Å²) in [6.07, 6.45) is -6.26. The number of nitro benzene ring substituents is 1. The molecular weight excluding hydrogens is 307 g/mol. The molecule has 10 heteroatoms. The smallest absolute Gasteiger partial charge is 0.345 e. The summed E-state index contributed by atoms with van der Waals surface area (Å²) >= 11 is 0. The van der Waals surface area contributed by atoms with Crippen LogP contribution in [-0.4, -0.2) is 28.8 Å². The first-order valence-electron chi connectivity index (χ1n) is 5.98. The van der Waals surface area contributed by atoms with Crippen molar-refractivity contribution in [1.82, 2.24) is 5.32 Å². The van der Waals surface area contributed by atoms with Gasteiger partial charge in [0.15, 0.2) is 0 Å². The minimum atomic E-state index is -4.66. The van der Waals surface area contributed by atoms with Crippen LogP contribution in [0.15, 0.2) is 24.3 Å². The lowest BCUT2D eigenvalue weighted by Crippen LogP contribution is -2.44. The van der Waals surface area contributed by atoms with Crippen molar-refractivity contribution in [1.29, 1.82) is 0 Å². The maximum atomic E-state index is 12.1. The second kappa shape index (κ2) is 6.98. The Bertz CT molecular complexity index is 589. The maximum Gasteiger partial charge on any atom is 0.391 e. The van der Waals surface area contributed by atoms with E-state index in [1.807, 2.05) is 0 Å². The predicted molar refractivity (Wildman–Crippen MR) is 68.6 cm³/mol. The first-order chi connectivity index (χ1) is 10.1.